The van der Waals surface area contributed by atoms with Crippen LogP contribution in [0.25, 0.3) is 17.1 Å². The molecule has 0 unspecified atom stereocenters. The van der Waals surface area contributed by atoms with Crippen LogP contribution >= 0.6 is 23.2 Å². The molecule has 0 aliphatic rings. The second-order valence-corrected chi connectivity index (χ2v) is 10.5. The Balaban J connectivity index is 1.73. The Labute approximate surface area is 231 Å². The molecule has 8 nitrogen and oxygen atoms in total. The molecule has 0 aliphatic carbocycles. The standard InChI is InChI=1S/C25H25Cl2F4N7O/c1-24(2,14-28)15-32-22-33-20(34-38(22)19-6-4-3-5-18(19)27)13-37-23(39)36(12-11-25(29,30)31)21(35-37)16-7-9-17(26)10-8-16/h3-10H,11-15H2,1-2H3,(H,32,33,34). The van der Waals surface area contributed by atoms with Gasteiger partial charge in [0.2, 0.25) is 5.95 Å². The lowest BCUT2D eigenvalue weighted by Crippen LogP contribution is -2.27. The molecule has 2 aromatic heterocycles. The van der Waals surface area contributed by atoms with Gasteiger partial charge in [-0.3, -0.25) is 8.96 Å². The molecule has 0 bridgehead atoms. The lowest BCUT2D eigenvalue weighted by Gasteiger charge is -2.21. The maximum Gasteiger partial charge on any atom is 0.390 e. The summed E-state index contributed by atoms with van der Waals surface area (Å²) in [7, 11) is 0. The highest BCUT2D eigenvalue weighted by Crippen LogP contribution is 2.26. The monoisotopic (exact) mass is 585 g/mol. The Morgan fingerprint density at radius 1 is 1.00 bits per heavy atom. The van der Waals surface area contributed by atoms with Gasteiger partial charge in [-0.2, -0.15) is 22.8 Å². The van der Waals surface area contributed by atoms with Crippen LogP contribution in [0.4, 0.5) is 23.5 Å². The van der Waals surface area contributed by atoms with Gasteiger partial charge in [-0.1, -0.05) is 49.2 Å². The maximum absolute atomic E-state index is 13.4. The number of alkyl halides is 4. The van der Waals surface area contributed by atoms with Crippen molar-refractivity contribution in [3.05, 3.63) is 74.9 Å². The summed E-state index contributed by atoms with van der Waals surface area (Å²) in [5.41, 5.74) is -0.545. The predicted molar refractivity (Wildman–Crippen MR) is 141 cm³/mol. The summed E-state index contributed by atoms with van der Waals surface area (Å²) >= 11 is 12.3. The molecule has 0 amide bonds. The average Bonchev–Trinajstić information content (AvgIpc) is 3.42. The van der Waals surface area contributed by atoms with Gasteiger partial charge < -0.3 is 5.32 Å². The summed E-state index contributed by atoms with van der Waals surface area (Å²) in [5, 5.41) is 12.7. The lowest BCUT2D eigenvalue weighted by atomic mass is 9.96. The van der Waals surface area contributed by atoms with Gasteiger partial charge in [0.1, 0.15) is 6.54 Å². The van der Waals surface area contributed by atoms with Crippen molar-refractivity contribution in [1.29, 1.82) is 0 Å². The number of hydrogen-bond acceptors (Lipinski definition) is 5. The quantitative estimate of drug-likeness (QED) is 0.230. The summed E-state index contributed by atoms with van der Waals surface area (Å²) in [4.78, 5) is 17.7. The summed E-state index contributed by atoms with van der Waals surface area (Å²) in [6, 6.07) is 13.1. The molecule has 0 saturated heterocycles. The first kappa shape index (κ1) is 28.6. The van der Waals surface area contributed by atoms with E-state index in [2.05, 4.69) is 20.5 Å². The fourth-order valence-corrected chi connectivity index (χ4v) is 3.97. The summed E-state index contributed by atoms with van der Waals surface area (Å²) in [6.07, 6.45) is -5.68. The molecule has 14 heteroatoms. The normalized spacial score (nSPS) is 12.2. The van der Waals surface area contributed by atoms with Crippen molar-refractivity contribution in [3.63, 3.8) is 0 Å². The van der Waals surface area contributed by atoms with Crippen molar-refractivity contribution < 1.29 is 17.6 Å². The number of nitrogens with zero attached hydrogens (tertiary/aromatic N) is 6. The predicted octanol–water partition coefficient (Wildman–Crippen LogP) is 6.01. The number of aromatic nitrogens is 6. The maximum atomic E-state index is 13.4. The second kappa shape index (κ2) is 11.4. The molecule has 0 fully saturated rings. The van der Waals surface area contributed by atoms with E-state index in [1.54, 1.807) is 62.4 Å². The van der Waals surface area contributed by atoms with E-state index in [1.165, 1.54) is 4.68 Å². The van der Waals surface area contributed by atoms with Crippen molar-refractivity contribution >= 4 is 29.2 Å². The molecule has 2 aromatic carbocycles. The number of nitrogens with one attached hydrogen (secondary N) is 1. The first-order valence-electron chi connectivity index (χ1n) is 11.9. The SMILES string of the molecule is CC(C)(CF)CNc1nc(Cn2nc(-c3ccc(Cl)cc3)n(CCC(F)(F)F)c2=O)nn1-c1ccccc1Cl. The minimum Gasteiger partial charge on any atom is -0.353 e. The molecular formula is C25H25Cl2F4N7O. The second-order valence-electron chi connectivity index (χ2n) is 9.65. The van der Waals surface area contributed by atoms with Crippen LogP contribution in [0.5, 0.6) is 0 Å². The number of anilines is 1. The number of hydrogen-bond donors (Lipinski definition) is 1. The van der Waals surface area contributed by atoms with Crippen molar-refractivity contribution in [3.8, 4) is 17.1 Å². The van der Waals surface area contributed by atoms with Gasteiger partial charge in [0, 0.05) is 29.1 Å². The van der Waals surface area contributed by atoms with Crippen molar-refractivity contribution in [2.24, 2.45) is 5.41 Å². The number of halogens is 6. The van der Waals surface area contributed by atoms with Gasteiger partial charge >= 0.3 is 11.9 Å². The van der Waals surface area contributed by atoms with Gasteiger partial charge in [-0.25, -0.2) is 9.48 Å². The molecule has 0 radical (unpaired) electrons. The third-order valence-corrected chi connectivity index (χ3v) is 6.33. The molecule has 0 aliphatic heterocycles. The van der Waals surface area contributed by atoms with Gasteiger partial charge in [-0.15, -0.1) is 10.2 Å². The Morgan fingerprint density at radius 2 is 1.69 bits per heavy atom. The zero-order valence-electron chi connectivity index (χ0n) is 21.0. The Bertz CT molecular complexity index is 1490. The van der Waals surface area contributed by atoms with E-state index in [1.807, 2.05) is 0 Å². The van der Waals surface area contributed by atoms with Gasteiger partial charge in [0.15, 0.2) is 11.6 Å². The number of benzene rings is 2. The average molecular weight is 586 g/mol. The molecule has 39 heavy (non-hydrogen) atoms. The van der Waals surface area contributed by atoms with Crippen LogP contribution in [-0.2, 0) is 13.1 Å². The smallest absolute Gasteiger partial charge is 0.353 e. The van der Waals surface area contributed by atoms with Gasteiger partial charge in [0.05, 0.1) is 23.8 Å². The van der Waals surface area contributed by atoms with Crippen LogP contribution in [0, 0.1) is 5.41 Å². The van der Waals surface area contributed by atoms with Crippen LogP contribution in [0.15, 0.2) is 53.3 Å². The molecule has 0 spiro atoms. The topological polar surface area (TPSA) is 82.6 Å². The fraction of sp³-hybridized carbons (Fsp3) is 0.360. The van der Waals surface area contributed by atoms with E-state index in [9.17, 15) is 22.4 Å². The van der Waals surface area contributed by atoms with Gasteiger partial charge in [-0.05, 0) is 36.4 Å². The third kappa shape index (κ3) is 6.99. The van der Waals surface area contributed by atoms with E-state index in [4.69, 9.17) is 23.2 Å². The van der Waals surface area contributed by atoms with Crippen molar-refractivity contribution in [1.82, 2.24) is 29.1 Å². The highest BCUT2D eigenvalue weighted by molar-refractivity contribution is 6.32. The Kier molecular flexibility index (Phi) is 8.36. The first-order valence-corrected chi connectivity index (χ1v) is 12.6. The van der Waals surface area contributed by atoms with Gasteiger partial charge in [0.25, 0.3) is 0 Å². The summed E-state index contributed by atoms with van der Waals surface area (Å²) in [6.45, 7) is 2.26. The Hall–Kier alpha value is -3.38. The summed E-state index contributed by atoms with van der Waals surface area (Å²) < 4.78 is 55.8. The lowest BCUT2D eigenvalue weighted by molar-refractivity contribution is -0.136. The van der Waals surface area contributed by atoms with E-state index >= 15 is 0 Å². The largest absolute Gasteiger partial charge is 0.390 e. The summed E-state index contributed by atoms with van der Waals surface area (Å²) in [5.74, 6) is 0.442. The van der Waals surface area contributed by atoms with Crippen LogP contribution in [0.1, 0.15) is 26.1 Å². The molecule has 2 heterocycles. The van der Waals surface area contributed by atoms with E-state index in [0.29, 0.717) is 21.3 Å². The molecule has 208 valence electrons. The van der Waals surface area contributed by atoms with E-state index in [-0.39, 0.29) is 30.7 Å². The van der Waals surface area contributed by atoms with Crippen molar-refractivity contribution in [2.45, 2.75) is 39.5 Å². The molecule has 4 rings (SSSR count). The molecule has 4 aromatic rings. The van der Waals surface area contributed by atoms with Crippen LogP contribution < -0.4 is 11.0 Å². The fourth-order valence-electron chi connectivity index (χ4n) is 3.62. The Morgan fingerprint density at radius 3 is 2.33 bits per heavy atom. The van der Waals surface area contributed by atoms with Crippen LogP contribution in [0.3, 0.4) is 0 Å². The highest BCUT2D eigenvalue weighted by atomic mass is 35.5. The van der Waals surface area contributed by atoms with Crippen LogP contribution in [-0.4, -0.2) is 48.5 Å². The molecule has 0 saturated carbocycles. The minimum absolute atomic E-state index is 0.0505. The molecular weight excluding hydrogens is 561 g/mol. The zero-order chi connectivity index (χ0) is 28.4. The van der Waals surface area contributed by atoms with E-state index < -0.39 is 36.9 Å². The van der Waals surface area contributed by atoms with Crippen LogP contribution in [0.2, 0.25) is 10.0 Å². The highest BCUT2D eigenvalue weighted by Gasteiger charge is 2.29. The molecule has 1 N–H and O–H groups in total. The zero-order valence-corrected chi connectivity index (χ0v) is 22.5. The number of rotatable bonds is 10. The molecule has 0 atom stereocenters. The van der Waals surface area contributed by atoms with Crippen molar-refractivity contribution in [2.75, 3.05) is 18.5 Å². The number of para-hydroxylation sites is 1. The first-order chi connectivity index (χ1) is 18.4. The van der Waals surface area contributed by atoms with E-state index in [0.717, 1.165) is 9.25 Å². The third-order valence-electron chi connectivity index (χ3n) is 5.75. The minimum atomic E-state index is -4.47.